The molecule has 0 unspecified atom stereocenters. The van der Waals surface area contributed by atoms with Gasteiger partial charge >= 0.3 is 12.1 Å². The molecule has 2 aliphatic rings. The average molecular weight is 1270 g/mol. The fourth-order valence-corrected chi connectivity index (χ4v) is 10.7. The van der Waals surface area contributed by atoms with Crippen LogP contribution in [0, 0.1) is 5.92 Å². The van der Waals surface area contributed by atoms with E-state index in [1.165, 1.54) is 25.6 Å². The lowest BCUT2D eigenvalue weighted by Gasteiger charge is -2.41. The van der Waals surface area contributed by atoms with Gasteiger partial charge in [-0.05, 0) is 61.8 Å². The Balaban J connectivity index is 1.00. The molecule has 30 heteroatoms. The Hall–Kier alpha value is -6.57. The maximum absolute atomic E-state index is 13.8. The summed E-state index contributed by atoms with van der Waals surface area (Å²) in [5.41, 5.74) is 6.89. The number of anilines is 2. The van der Waals surface area contributed by atoms with Gasteiger partial charge in [0.1, 0.15) is 36.9 Å². The van der Waals surface area contributed by atoms with E-state index in [9.17, 15) is 46.8 Å². The molecule has 7 N–H and O–H groups in total. The summed E-state index contributed by atoms with van der Waals surface area (Å²) in [4.78, 5) is 119. The first-order chi connectivity index (χ1) is 40.1. The van der Waals surface area contributed by atoms with Crippen LogP contribution in [0.25, 0.3) is 11.0 Å². The second-order valence-corrected chi connectivity index (χ2v) is 23.2. The zero-order chi connectivity index (χ0) is 61.3. The van der Waals surface area contributed by atoms with E-state index in [0.29, 0.717) is 93.4 Å². The number of halogens is 1. The molecule has 1 saturated heterocycles. The van der Waals surface area contributed by atoms with Crippen LogP contribution in [0.4, 0.5) is 21.1 Å². The summed E-state index contributed by atoms with van der Waals surface area (Å²) in [5.74, 6) is -2.97. The van der Waals surface area contributed by atoms with Crippen molar-refractivity contribution in [2.45, 2.75) is 103 Å². The lowest BCUT2D eigenvalue weighted by Crippen LogP contribution is -2.57. The van der Waals surface area contributed by atoms with E-state index in [0.717, 1.165) is 0 Å². The second-order valence-electron chi connectivity index (χ2n) is 20.8. The van der Waals surface area contributed by atoms with E-state index in [2.05, 4.69) is 51.9 Å². The Kier molecular flexibility index (Phi) is 27.9. The van der Waals surface area contributed by atoms with E-state index in [4.69, 9.17) is 29.4 Å². The molecule has 1 aromatic carbocycles. The van der Waals surface area contributed by atoms with Crippen LogP contribution in [0.2, 0.25) is 0 Å². The molecule has 3 heterocycles. The van der Waals surface area contributed by atoms with E-state index >= 15 is 0 Å². The predicted octanol–water partition coefficient (Wildman–Crippen LogP) is 1.29. The monoisotopic (exact) mass is 1260 g/mol. The largest absolute Gasteiger partial charge is 0.445 e. The second kappa shape index (κ2) is 34.4. The van der Waals surface area contributed by atoms with Crippen molar-refractivity contribution in [3.8, 4) is 0 Å². The van der Waals surface area contributed by atoms with Crippen molar-refractivity contribution in [2.24, 2.45) is 11.7 Å². The quantitative estimate of drug-likeness (QED) is 0.0353. The van der Waals surface area contributed by atoms with Gasteiger partial charge < -0.3 is 70.3 Å². The number of rotatable bonds is 36. The molecule has 84 heavy (non-hydrogen) atoms. The van der Waals surface area contributed by atoms with Gasteiger partial charge in [-0.15, -0.1) is 0 Å². The van der Waals surface area contributed by atoms with Crippen molar-refractivity contribution in [1.29, 1.82) is 0 Å². The van der Waals surface area contributed by atoms with Crippen molar-refractivity contribution in [3.63, 3.8) is 0 Å². The SMILES string of the molecule is CCCS(=O)(=O)NC1CC(N(C)c2ncnc3c2ccn3C(=O)N(C)CCN(C)C(=O)OCc2ccc(NC(=O)[C@@H](NC(=O)[C@@H]3CCCN3C(=O)[C@H](CC(N)=O)NC(=O)CCOCCOCCOCCOCCNC(=O)CBr)C(C)C)cc2)C1. The minimum Gasteiger partial charge on any atom is -0.445 e. The summed E-state index contributed by atoms with van der Waals surface area (Å²) in [7, 11) is 1.72. The molecule has 0 bridgehead atoms. The summed E-state index contributed by atoms with van der Waals surface area (Å²) in [6.45, 7) is 8.30. The number of hydrogen-bond donors (Lipinski definition) is 6. The fraction of sp³-hybridized carbons (Fsp3) is 0.630. The highest BCUT2D eigenvalue weighted by Crippen LogP contribution is 2.32. The molecular weight excluding hydrogens is 1180 g/mol. The Morgan fingerprint density at radius 1 is 0.833 bits per heavy atom. The maximum atomic E-state index is 13.8. The molecule has 3 aromatic rings. The molecular formula is C54H82BrN13O15S. The average Bonchev–Trinajstić information content (AvgIpc) is 2.69. The van der Waals surface area contributed by atoms with E-state index in [1.807, 2.05) is 18.9 Å². The van der Waals surface area contributed by atoms with Crippen LogP contribution in [0.1, 0.15) is 71.3 Å². The van der Waals surface area contributed by atoms with Gasteiger partial charge in [-0.3, -0.25) is 33.3 Å². The molecule has 8 amide bonds. The predicted molar refractivity (Wildman–Crippen MR) is 313 cm³/mol. The number of likely N-dealkylation sites (N-methyl/N-ethyl adjacent to an activating group) is 2. The molecule has 2 aromatic heterocycles. The molecule has 3 atom stereocenters. The van der Waals surface area contributed by atoms with Crippen LogP contribution in [0.3, 0.4) is 0 Å². The third-order valence-corrected chi connectivity index (χ3v) is 16.0. The number of nitrogens with two attached hydrogens (primary N) is 1. The smallest absolute Gasteiger partial charge is 0.409 e. The van der Waals surface area contributed by atoms with Gasteiger partial charge in [0.15, 0.2) is 5.65 Å². The van der Waals surface area contributed by atoms with Crippen LogP contribution in [-0.4, -0.2) is 227 Å². The number of nitrogens with zero attached hydrogens (tertiary/aromatic N) is 7. The van der Waals surface area contributed by atoms with Crippen molar-refractivity contribution in [3.05, 3.63) is 48.4 Å². The standard InChI is InChI=1S/C54H82BrN13O15S/c1-7-29-84(77,78)63-39-30-40(31-39)66(6)48-41-14-18-68(49(41)59-35-58-48)53(75)64(4)19-20-65(5)54(76)83-34-37-10-12-38(13-11-37)60-51(73)47(36(2)3)62-50(72)43-9-8-17-67(43)52(74)42(32-44(56)69)61-45(70)15-21-79-23-25-81-27-28-82-26-24-80-22-16-57-46(71)33-55/h10-14,18,35-36,39-40,42-43,47,63H,7-9,15-17,19-34H2,1-6H3,(H2,56,69)(H,57,71)(H,60,73)(H,61,70)(H,62,72)/t39?,40?,42-,43-,47-/m0/s1. The van der Waals surface area contributed by atoms with Crippen LogP contribution in [0.15, 0.2) is 42.9 Å². The van der Waals surface area contributed by atoms with Crippen LogP contribution >= 0.6 is 15.9 Å². The number of amides is 8. The number of nitrogens with one attached hydrogen (secondary N) is 5. The van der Waals surface area contributed by atoms with E-state index in [-0.39, 0.29) is 99.9 Å². The summed E-state index contributed by atoms with van der Waals surface area (Å²) in [6, 6.07) is 4.51. The third-order valence-electron chi connectivity index (χ3n) is 13.9. The Bertz CT molecular complexity index is 2790. The molecule has 1 aliphatic carbocycles. The van der Waals surface area contributed by atoms with Crippen molar-refractivity contribution in [1.82, 2.24) is 49.9 Å². The topological polar surface area (TPSA) is 347 Å². The molecule has 1 saturated carbocycles. The number of ether oxygens (including phenoxy) is 5. The number of sulfonamides is 1. The third kappa shape index (κ3) is 21.5. The van der Waals surface area contributed by atoms with Gasteiger partial charge in [-0.2, -0.15) is 0 Å². The number of alkyl halides is 1. The lowest BCUT2D eigenvalue weighted by atomic mass is 9.86. The maximum Gasteiger partial charge on any atom is 0.409 e. The van der Waals surface area contributed by atoms with Gasteiger partial charge in [-0.25, -0.2) is 32.7 Å². The molecule has 0 spiro atoms. The van der Waals surface area contributed by atoms with Gasteiger partial charge in [-0.1, -0.05) is 48.8 Å². The number of fused-ring (bicyclic) bond motifs is 1. The van der Waals surface area contributed by atoms with E-state index < -0.39 is 70.2 Å². The summed E-state index contributed by atoms with van der Waals surface area (Å²) in [6.07, 6.45) is 4.23. The fourth-order valence-electron chi connectivity index (χ4n) is 9.15. The van der Waals surface area contributed by atoms with E-state index in [1.54, 1.807) is 64.5 Å². The van der Waals surface area contributed by atoms with Gasteiger partial charge in [0, 0.05) is 77.7 Å². The van der Waals surface area contributed by atoms with Crippen LogP contribution in [0.5, 0.6) is 0 Å². The first-order valence-corrected chi connectivity index (χ1v) is 30.8. The highest BCUT2D eigenvalue weighted by atomic mass is 79.9. The Morgan fingerprint density at radius 2 is 1.48 bits per heavy atom. The minimum absolute atomic E-state index is 0.00224. The number of primary amides is 1. The number of aromatic nitrogens is 3. The van der Waals surface area contributed by atoms with Crippen molar-refractivity contribution in [2.75, 3.05) is 121 Å². The molecule has 5 rings (SSSR count). The van der Waals surface area contributed by atoms with Crippen molar-refractivity contribution < 1.29 is 70.5 Å². The molecule has 28 nitrogen and oxygen atoms in total. The molecule has 466 valence electrons. The highest BCUT2D eigenvalue weighted by molar-refractivity contribution is 9.09. The zero-order valence-electron chi connectivity index (χ0n) is 48.7. The van der Waals surface area contributed by atoms with Crippen LogP contribution < -0.4 is 36.6 Å². The van der Waals surface area contributed by atoms with Crippen LogP contribution in [-0.2, 0) is 69.1 Å². The first kappa shape index (κ1) is 68.2. The summed E-state index contributed by atoms with van der Waals surface area (Å²) >= 11 is 3.07. The van der Waals surface area contributed by atoms with Crippen molar-refractivity contribution >= 4 is 96.1 Å². The van der Waals surface area contributed by atoms with Gasteiger partial charge in [0.05, 0.1) is 75.7 Å². The first-order valence-electron chi connectivity index (χ1n) is 28.0. The summed E-state index contributed by atoms with van der Waals surface area (Å²) < 4.78 is 55.9. The minimum atomic E-state index is -3.32. The van der Waals surface area contributed by atoms with Gasteiger partial charge in [0.25, 0.3) is 0 Å². The van der Waals surface area contributed by atoms with Gasteiger partial charge in [0.2, 0.25) is 45.5 Å². The Morgan fingerprint density at radius 3 is 2.11 bits per heavy atom. The number of hydrogen-bond acceptors (Lipinski definition) is 18. The molecule has 1 aliphatic heterocycles. The Labute approximate surface area is 498 Å². The number of benzene rings is 1. The number of carbonyl (C=O) groups is 8. The lowest BCUT2D eigenvalue weighted by molar-refractivity contribution is -0.143. The molecule has 0 radical (unpaired) electrons. The zero-order valence-corrected chi connectivity index (χ0v) is 51.1. The normalized spacial score (nSPS) is 16.5. The summed E-state index contributed by atoms with van der Waals surface area (Å²) in [5, 5.41) is 11.7. The highest BCUT2D eigenvalue weighted by Gasteiger charge is 2.40. The number of likely N-dealkylation sites (tertiary alicyclic amines) is 1. The number of carbonyl (C=O) groups excluding carboxylic acids is 8. The molecule has 2 fully saturated rings.